The van der Waals surface area contributed by atoms with E-state index in [1.165, 1.54) is 0 Å². The fraction of sp³-hybridized carbons (Fsp3) is 0. The van der Waals surface area contributed by atoms with Gasteiger partial charge in [0.25, 0.3) is 6.01 Å². The molecule has 20 heavy (non-hydrogen) atoms. The fourth-order valence-corrected chi connectivity index (χ4v) is 2.00. The van der Waals surface area contributed by atoms with E-state index < -0.39 is 0 Å². The summed E-state index contributed by atoms with van der Waals surface area (Å²) in [4.78, 5) is 4.37. The van der Waals surface area contributed by atoms with Crippen LogP contribution in [0.3, 0.4) is 0 Å². The molecule has 1 aromatic heterocycles. The first-order valence-corrected chi connectivity index (χ1v) is 6.42. The number of hydrogen-bond acceptors (Lipinski definition) is 4. The van der Waals surface area contributed by atoms with Crippen molar-refractivity contribution in [3.05, 3.63) is 59.8 Å². The maximum absolute atomic E-state index is 5.92. The topological polar surface area (TPSA) is 64.1 Å². The largest absolute Gasteiger partial charge is 0.431 e. The van der Waals surface area contributed by atoms with Crippen LogP contribution in [0, 0.1) is 0 Å². The molecule has 3 N–H and O–H groups in total. The van der Waals surface area contributed by atoms with Crippen LogP contribution in [0.4, 0.5) is 17.4 Å². The van der Waals surface area contributed by atoms with Crippen LogP contribution in [0.2, 0.25) is 5.02 Å². The maximum Gasteiger partial charge on any atom is 0.299 e. The molecule has 0 aliphatic heterocycles. The standard InChI is InChI=1S/C15H12ClN3O/c16-11-2-1-3-13(8-11)18-15-19-14(9-20-15)10-4-6-12(17)7-5-10/h1-9H,17H2,(H,18,19). The lowest BCUT2D eigenvalue weighted by atomic mass is 10.1. The lowest BCUT2D eigenvalue weighted by molar-refractivity contribution is 0.578. The minimum atomic E-state index is 0.416. The van der Waals surface area contributed by atoms with Crippen molar-refractivity contribution in [2.75, 3.05) is 11.1 Å². The second-order valence-corrected chi connectivity index (χ2v) is 4.73. The summed E-state index contributed by atoms with van der Waals surface area (Å²) in [5.41, 5.74) is 8.89. The van der Waals surface area contributed by atoms with Crippen LogP contribution >= 0.6 is 11.6 Å². The lowest BCUT2D eigenvalue weighted by Gasteiger charge is -2.01. The van der Waals surface area contributed by atoms with E-state index in [0.29, 0.717) is 11.0 Å². The molecule has 0 amide bonds. The number of nitrogens with two attached hydrogens (primary N) is 1. The van der Waals surface area contributed by atoms with E-state index in [2.05, 4.69) is 10.3 Å². The Labute approximate surface area is 121 Å². The van der Waals surface area contributed by atoms with E-state index in [1.807, 2.05) is 42.5 Å². The van der Waals surface area contributed by atoms with E-state index in [1.54, 1.807) is 12.3 Å². The Morgan fingerprint density at radius 2 is 1.90 bits per heavy atom. The molecule has 5 heteroatoms. The summed E-state index contributed by atoms with van der Waals surface area (Å²) in [6, 6.07) is 15.2. The number of nitrogens with one attached hydrogen (secondary N) is 1. The molecule has 0 unspecified atom stereocenters. The Balaban J connectivity index is 1.82. The van der Waals surface area contributed by atoms with Gasteiger partial charge in [-0.15, -0.1) is 0 Å². The summed E-state index contributed by atoms with van der Waals surface area (Å²) in [5, 5.41) is 3.71. The van der Waals surface area contributed by atoms with Crippen molar-refractivity contribution in [3.8, 4) is 11.3 Å². The number of hydrogen-bond donors (Lipinski definition) is 2. The molecule has 0 radical (unpaired) electrons. The summed E-state index contributed by atoms with van der Waals surface area (Å²) < 4.78 is 5.40. The Morgan fingerprint density at radius 1 is 1.10 bits per heavy atom. The highest BCUT2D eigenvalue weighted by Gasteiger charge is 2.06. The smallest absolute Gasteiger partial charge is 0.299 e. The van der Waals surface area contributed by atoms with Crippen LogP contribution in [-0.2, 0) is 0 Å². The lowest BCUT2D eigenvalue weighted by Crippen LogP contribution is -1.90. The number of halogens is 1. The zero-order valence-corrected chi connectivity index (χ0v) is 11.3. The van der Waals surface area contributed by atoms with Gasteiger partial charge in [-0.05, 0) is 30.3 Å². The molecule has 4 nitrogen and oxygen atoms in total. The van der Waals surface area contributed by atoms with Crippen LogP contribution in [0.5, 0.6) is 0 Å². The maximum atomic E-state index is 5.92. The summed E-state index contributed by atoms with van der Waals surface area (Å²) in [6.07, 6.45) is 1.60. The highest BCUT2D eigenvalue weighted by atomic mass is 35.5. The van der Waals surface area contributed by atoms with Crippen molar-refractivity contribution in [1.29, 1.82) is 0 Å². The fourth-order valence-electron chi connectivity index (χ4n) is 1.81. The highest BCUT2D eigenvalue weighted by molar-refractivity contribution is 6.30. The van der Waals surface area contributed by atoms with Gasteiger partial charge < -0.3 is 15.5 Å². The third kappa shape index (κ3) is 2.75. The van der Waals surface area contributed by atoms with Crippen molar-refractivity contribution in [1.82, 2.24) is 4.98 Å². The summed E-state index contributed by atoms with van der Waals surface area (Å²) in [7, 11) is 0. The summed E-state index contributed by atoms with van der Waals surface area (Å²) in [6.45, 7) is 0. The molecule has 100 valence electrons. The Bertz CT molecular complexity index is 722. The molecule has 3 rings (SSSR count). The molecule has 0 spiro atoms. The van der Waals surface area contributed by atoms with E-state index in [4.69, 9.17) is 21.8 Å². The van der Waals surface area contributed by atoms with Crippen LogP contribution in [0.25, 0.3) is 11.3 Å². The first-order valence-electron chi connectivity index (χ1n) is 6.05. The second-order valence-electron chi connectivity index (χ2n) is 4.30. The third-order valence-corrected chi connectivity index (χ3v) is 3.02. The Hall–Kier alpha value is -2.46. The Morgan fingerprint density at radius 3 is 2.65 bits per heavy atom. The number of rotatable bonds is 3. The number of nitrogen functional groups attached to an aromatic ring is 1. The highest BCUT2D eigenvalue weighted by Crippen LogP contribution is 2.24. The minimum absolute atomic E-state index is 0.416. The molecular formula is C15H12ClN3O. The van der Waals surface area contributed by atoms with Crippen molar-refractivity contribution >= 4 is 29.0 Å². The predicted octanol–water partition coefficient (Wildman–Crippen LogP) is 4.32. The summed E-state index contributed by atoms with van der Waals surface area (Å²) >= 11 is 5.92. The number of anilines is 3. The molecular weight excluding hydrogens is 274 g/mol. The van der Waals surface area contributed by atoms with Gasteiger partial charge in [-0.1, -0.05) is 29.8 Å². The van der Waals surface area contributed by atoms with Crippen LogP contribution < -0.4 is 11.1 Å². The first kappa shape index (κ1) is 12.6. The monoisotopic (exact) mass is 285 g/mol. The van der Waals surface area contributed by atoms with Gasteiger partial charge in [0, 0.05) is 22.0 Å². The van der Waals surface area contributed by atoms with Crippen molar-refractivity contribution in [2.45, 2.75) is 0 Å². The second kappa shape index (κ2) is 5.27. The van der Waals surface area contributed by atoms with Crippen molar-refractivity contribution in [2.24, 2.45) is 0 Å². The first-order chi connectivity index (χ1) is 9.70. The molecule has 0 fully saturated rings. The minimum Gasteiger partial charge on any atom is -0.431 e. The number of benzene rings is 2. The third-order valence-electron chi connectivity index (χ3n) is 2.79. The number of nitrogens with zero attached hydrogens (tertiary/aromatic N) is 1. The zero-order chi connectivity index (χ0) is 13.9. The van der Waals surface area contributed by atoms with Gasteiger partial charge in [0.15, 0.2) is 0 Å². The molecule has 2 aromatic carbocycles. The van der Waals surface area contributed by atoms with Gasteiger partial charge in [0.2, 0.25) is 0 Å². The van der Waals surface area contributed by atoms with E-state index in [9.17, 15) is 0 Å². The average molecular weight is 286 g/mol. The zero-order valence-electron chi connectivity index (χ0n) is 10.5. The van der Waals surface area contributed by atoms with Gasteiger partial charge in [0.1, 0.15) is 12.0 Å². The van der Waals surface area contributed by atoms with E-state index in [0.717, 1.165) is 22.6 Å². The van der Waals surface area contributed by atoms with Crippen molar-refractivity contribution < 1.29 is 4.42 Å². The average Bonchev–Trinajstić information content (AvgIpc) is 2.88. The predicted molar refractivity (Wildman–Crippen MR) is 81.1 cm³/mol. The van der Waals surface area contributed by atoms with Gasteiger partial charge in [-0.25, -0.2) is 0 Å². The van der Waals surface area contributed by atoms with Gasteiger partial charge in [0.05, 0.1) is 0 Å². The summed E-state index contributed by atoms with van der Waals surface area (Å²) in [5.74, 6) is 0. The molecule has 0 aliphatic carbocycles. The molecule has 0 bridgehead atoms. The molecule has 1 heterocycles. The number of aromatic nitrogens is 1. The molecule has 3 aromatic rings. The molecule has 0 aliphatic rings. The van der Waals surface area contributed by atoms with E-state index in [-0.39, 0.29) is 0 Å². The Kier molecular flexibility index (Phi) is 3.31. The van der Waals surface area contributed by atoms with Crippen LogP contribution in [0.1, 0.15) is 0 Å². The van der Waals surface area contributed by atoms with Gasteiger partial charge >= 0.3 is 0 Å². The van der Waals surface area contributed by atoms with E-state index >= 15 is 0 Å². The SMILES string of the molecule is Nc1ccc(-c2coc(Nc3cccc(Cl)c3)n2)cc1. The molecule has 0 saturated carbocycles. The van der Waals surface area contributed by atoms with Crippen LogP contribution in [0.15, 0.2) is 59.2 Å². The molecule has 0 atom stereocenters. The van der Waals surface area contributed by atoms with Gasteiger partial charge in [-0.3, -0.25) is 0 Å². The quantitative estimate of drug-likeness (QED) is 0.703. The van der Waals surface area contributed by atoms with Gasteiger partial charge in [-0.2, -0.15) is 4.98 Å². The number of oxazole rings is 1. The van der Waals surface area contributed by atoms with Crippen molar-refractivity contribution in [3.63, 3.8) is 0 Å². The van der Waals surface area contributed by atoms with Crippen LogP contribution in [-0.4, -0.2) is 4.98 Å². The molecule has 0 saturated heterocycles. The normalized spacial score (nSPS) is 10.4.